The van der Waals surface area contributed by atoms with Gasteiger partial charge in [-0.3, -0.25) is 14.0 Å². The van der Waals surface area contributed by atoms with Gasteiger partial charge in [-0.25, -0.2) is 9.78 Å². The van der Waals surface area contributed by atoms with Gasteiger partial charge in [0, 0.05) is 58.5 Å². The van der Waals surface area contributed by atoms with Crippen molar-refractivity contribution in [3.05, 3.63) is 53.1 Å². The molecule has 0 aliphatic carbocycles. The number of piperazine rings is 1. The summed E-state index contributed by atoms with van der Waals surface area (Å²) in [7, 11) is 1.71. The van der Waals surface area contributed by atoms with Crippen LogP contribution in [-0.4, -0.2) is 79.5 Å². The number of ether oxygens (including phenoxy) is 1. The molecule has 1 saturated heterocycles. The summed E-state index contributed by atoms with van der Waals surface area (Å²) in [6, 6.07) is 11.7. The average Bonchev–Trinajstić information content (AvgIpc) is 3.67. The molecule has 0 atom stereocenters. The molecular formula is C25H30N10O3. The van der Waals surface area contributed by atoms with Crippen LogP contribution in [0.1, 0.15) is 0 Å². The summed E-state index contributed by atoms with van der Waals surface area (Å²) < 4.78 is 15.7. The minimum atomic E-state index is -0.168. The van der Waals surface area contributed by atoms with Crippen molar-refractivity contribution in [2.24, 2.45) is 12.8 Å². The second kappa shape index (κ2) is 9.84. The topological polar surface area (TPSA) is 151 Å². The van der Waals surface area contributed by atoms with E-state index in [1.807, 2.05) is 12.1 Å². The van der Waals surface area contributed by atoms with Gasteiger partial charge in [0.2, 0.25) is 11.8 Å². The van der Waals surface area contributed by atoms with Crippen LogP contribution in [-0.2, 0) is 13.6 Å². The maximum Gasteiger partial charge on any atom is 0.330 e. The predicted octanol–water partition coefficient (Wildman–Crippen LogP) is 0.780. The molecule has 198 valence electrons. The fraction of sp³-hybridized carbons (Fsp3) is 0.360. The molecule has 4 N–H and O–H groups in total. The molecule has 6 rings (SSSR count). The number of furan rings is 1. The van der Waals surface area contributed by atoms with Crippen molar-refractivity contribution in [3.63, 3.8) is 0 Å². The van der Waals surface area contributed by atoms with E-state index in [-0.39, 0.29) is 11.6 Å². The van der Waals surface area contributed by atoms with Crippen molar-refractivity contribution in [1.82, 2.24) is 33.6 Å². The predicted molar refractivity (Wildman–Crippen MR) is 143 cm³/mol. The summed E-state index contributed by atoms with van der Waals surface area (Å²) in [6.45, 7) is 5.79. The maximum absolute atomic E-state index is 13.2. The molecule has 38 heavy (non-hydrogen) atoms. The van der Waals surface area contributed by atoms with E-state index in [2.05, 4.69) is 37.0 Å². The molecule has 5 heterocycles. The summed E-state index contributed by atoms with van der Waals surface area (Å²) in [5.74, 6) is 1.88. The molecule has 0 radical (unpaired) electrons. The highest BCUT2D eigenvalue weighted by atomic mass is 16.5. The maximum atomic E-state index is 13.2. The van der Waals surface area contributed by atoms with Gasteiger partial charge in [0.25, 0.3) is 0 Å². The number of nitrogen functional groups attached to an aromatic ring is 1. The largest absolute Gasteiger partial charge is 0.492 e. The quantitative estimate of drug-likeness (QED) is 0.301. The zero-order chi connectivity index (χ0) is 26.2. The number of rotatable bonds is 8. The van der Waals surface area contributed by atoms with Gasteiger partial charge in [0.15, 0.2) is 17.1 Å². The Kier molecular flexibility index (Phi) is 6.21. The Labute approximate surface area is 217 Å². The molecule has 0 saturated carbocycles. The molecule has 5 aromatic rings. The highest BCUT2D eigenvalue weighted by Gasteiger charge is 2.23. The lowest BCUT2D eigenvalue weighted by Crippen LogP contribution is -2.47. The number of anilines is 2. The van der Waals surface area contributed by atoms with Gasteiger partial charge in [0.05, 0.1) is 6.26 Å². The average molecular weight is 519 g/mol. The number of aromatic nitrogens is 6. The van der Waals surface area contributed by atoms with Crippen molar-refractivity contribution < 1.29 is 9.15 Å². The Hall–Kier alpha value is -4.36. The lowest BCUT2D eigenvalue weighted by molar-refractivity contribution is 0.248. The summed E-state index contributed by atoms with van der Waals surface area (Å²) in [5, 5.41) is 4.43. The molecule has 0 spiro atoms. The molecule has 13 nitrogen and oxygen atoms in total. The molecule has 1 aliphatic heterocycles. The summed E-state index contributed by atoms with van der Waals surface area (Å²) >= 11 is 0. The number of benzene rings is 1. The standard InChI is InChI=1S/C25H30N10O3/c1-31-20-22(29-24(27)35-23(20)28-21(30-35)19-3-2-15-38-19)34(25(31)36)14-11-32-9-12-33(13-10-32)17-4-6-18(7-5-17)37-16-8-26/h2-7,15H,8-14,16,26H2,1H3,(H2,27,29). The van der Waals surface area contributed by atoms with Crippen molar-refractivity contribution in [3.8, 4) is 17.3 Å². The monoisotopic (exact) mass is 518 g/mol. The fourth-order valence-electron chi connectivity index (χ4n) is 4.90. The highest BCUT2D eigenvalue weighted by Crippen LogP contribution is 2.24. The second-order valence-electron chi connectivity index (χ2n) is 9.24. The van der Waals surface area contributed by atoms with Gasteiger partial charge >= 0.3 is 5.69 Å². The minimum Gasteiger partial charge on any atom is -0.492 e. The van der Waals surface area contributed by atoms with Gasteiger partial charge in [-0.2, -0.15) is 9.50 Å². The Morgan fingerprint density at radius 2 is 1.82 bits per heavy atom. The first-order chi connectivity index (χ1) is 18.5. The summed E-state index contributed by atoms with van der Waals surface area (Å²) in [5.41, 5.74) is 14.3. The lowest BCUT2D eigenvalue weighted by atomic mass is 10.2. The number of aryl methyl sites for hydroxylation is 1. The molecule has 4 aromatic heterocycles. The third-order valence-electron chi connectivity index (χ3n) is 6.92. The zero-order valence-corrected chi connectivity index (χ0v) is 21.2. The van der Waals surface area contributed by atoms with Crippen LogP contribution in [0, 0.1) is 0 Å². The van der Waals surface area contributed by atoms with Crippen LogP contribution in [0.5, 0.6) is 5.75 Å². The van der Waals surface area contributed by atoms with Crippen LogP contribution in [0.4, 0.5) is 11.6 Å². The molecule has 1 fully saturated rings. The van der Waals surface area contributed by atoms with Crippen LogP contribution in [0.15, 0.2) is 51.9 Å². The first-order valence-electron chi connectivity index (χ1n) is 12.6. The van der Waals surface area contributed by atoms with E-state index in [1.165, 1.54) is 10.2 Å². The number of nitrogens with two attached hydrogens (primary N) is 2. The van der Waals surface area contributed by atoms with Crippen molar-refractivity contribution in [2.45, 2.75) is 6.54 Å². The molecule has 0 bridgehead atoms. The SMILES string of the molecule is Cn1c(=O)n(CCN2CCN(c3ccc(OCCN)cc3)CC2)c2nc(N)n3nc(-c4ccco4)nc3c21. The lowest BCUT2D eigenvalue weighted by Gasteiger charge is -2.36. The Bertz CT molecular complexity index is 1610. The Morgan fingerprint density at radius 1 is 1.03 bits per heavy atom. The summed E-state index contributed by atoms with van der Waals surface area (Å²) in [6.07, 6.45) is 1.56. The van der Waals surface area contributed by atoms with Crippen molar-refractivity contribution >= 4 is 28.4 Å². The number of imidazole rings is 1. The minimum absolute atomic E-state index is 0.158. The van der Waals surface area contributed by atoms with E-state index in [4.69, 9.17) is 20.6 Å². The van der Waals surface area contributed by atoms with Crippen LogP contribution in [0.2, 0.25) is 0 Å². The van der Waals surface area contributed by atoms with Gasteiger partial charge in [-0.1, -0.05) is 0 Å². The first-order valence-corrected chi connectivity index (χ1v) is 12.6. The van der Waals surface area contributed by atoms with E-state index < -0.39 is 0 Å². The number of hydrogen-bond donors (Lipinski definition) is 2. The van der Waals surface area contributed by atoms with Crippen molar-refractivity contribution in [1.29, 1.82) is 0 Å². The van der Waals surface area contributed by atoms with Gasteiger partial charge < -0.3 is 25.5 Å². The normalized spacial score (nSPS) is 14.6. The third-order valence-corrected chi connectivity index (χ3v) is 6.92. The third kappa shape index (κ3) is 4.25. The first kappa shape index (κ1) is 24.0. The summed E-state index contributed by atoms with van der Waals surface area (Å²) in [4.78, 5) is 27.0. The molecule has 0 amide bonds. The fourth-order valence-corrected chi connectivity index (χ4v) is 4.90. The van der Waals surface area contributed by atoms with Gasteiger partial charge in [0.1, 0.15) is 17.9 Å². The second-order valence-corrected chi connectivity index (χ2v) is 9.24. The molecule has 13 heteroatoms. The zero-order valence-electron chi connectivity index (χ0n) is 21.2. The van der Waals surface area contributed by atoms with E-state index in [9.17, 15) is 4.79 Å². The molecule has 1 aliphatic rings. The van der Waals surface area contributed by atoms with E-state index in [0.717, 1.165) is 38.5 Å². The van der Waals surface area contributed by atoms with E-state index in [0.29, 0.717) is 48.1 Å². The number of hydrogen-bond acceptors (Lipinski definition) is 10. The Morgan fingerprint density at radius 3 is 2.53 bits per heavy atom. The smallest absolute Gasteiger partial charge is 0.330 e. The van der Waals surface area contributed by atoms with Crippen molar-refractivity contribution in [2.75, 3.05) is 56.5 Å². The molecular weight excluding hydrogens is 488 g/mol. The van der Waals surface area contributed by atoms with Crippen LogP contribution < -0.4 is 26.8 Å². The van der Waals surface area contributed by atoms with E-state index >= 15 is 0 Å². The number of nitrogens with zero attached hydrogens (tertiary/aromatic N) is 8. The molecule has 0 unspecified atom stereocenters. The van der Waals surface area contributed by atoms with Crippen LogP contribution in [0.3, 0.4) is 0 Å². The van der Waals surface area contributed by atoms with Gasteiger partial charge in [-0.15, -0.1) is 5.10 Å². The Balaban J connectivity index is 1.17. The highest BCUT2D eigenvalue weighted by molar-refractivity contribution is 5.88. The number of fused-ring (bicyclic) bond motifs is 3. The molecule has 1 aromatic carbocycles. The van der Waals surface area contributed by atoms with Crippen LogP contribution in [0.25, 0.3) is 28.4 Å². The van der Waals surface area contributed by atoms with Crippen LogP contribution >= 0.6 is 0 Å². The van der Waals surface area contributed by atoms with Gasteiger partial charge in [-0.05, 0) is 36.4 Å². The van der Waals surface area contributed by atoms with E-state index in [1.54, 1.807) is 34.6 Å².